The number of amides is 1. The molecule has 0 aliphatic carbocycles. The van der Waals surface area contributed by atoms with Crippen LogP contribution in [-0.4, -0.2) is 47.3 Å². The molecule has 1 aromatic heterocycles. The van der Waals surface area contributed by atoms with E-state index in [1.54, 1.807) is 11.8 Å². The second kappa shape index (κ2) is 6.12. The minimum atomic E-state index is -0.342. The zero-order valence-electron chi connectivity index (χ0n) is 10.2. The smallest absolute Gasteiger partial charge is 0.271 e. The van der Waals surface area contributed by atoms with E-state index in [2.05, 4.69) is 20.9 Å². The number of hydrogen-bond donors (Lipinski definition) is 5. The van der Waals surface area contributed by atoms with Gasteiger partial charge >= 0.3 is 0 Å². The summed E-state index contributed by atoms with van der Waals surface area (Å²) in [5.41, 5.74) is 2.43. The summed E-state index contributed by atoms with van der Waals surface area (Å²) in [7, 11) is 0. The normalized spacial score (nSPS) is 15.8. The molecule has 1 unspecified atom stereocenters. The summed E-state index contributed by atoms with van der Waals surface area (Å²) in [5.74, 6) is 0.635. The number of hydrogen-bond acceptors (Lipinski definition) is 5. The van der Waals surface area contributed by atoms with Gasteiger partial charge in [-0.25, -0.2) is 0 Å². The van der Waals surface area contributed by atoms with Crippen LogP contribution in [0.15, 0.2) is 6.20 Å². The van der Waals surface area contributed by atoms with Gasteiger partial charge in [-0.2, -0.15) is 11.8 Å². The third kappa shape index (κ3) is 2.98. The van der Waals surface area contributed by atoms with Gasteiger partial charge in [0, 0.05) is 30.6 Å². The molecule has 18 heavy (non-hydrogen) atoms. The fraction of sp³-hybridized carbons (Fsp3) is 0.545. The van der Waals surface area contributed by atoms with Crippen LogP contribution in [0.1, 0.15) is 16.1 Å². The standard InChI is InChI=1S/C11H18N4O2S/c1-18-5-8(16)4-12-2-7-3-13-10-9(7)14-6-15-11(10)17/h3,8,12-14,16H,2,4-6H2,1H3,(H,15,17). The number of aliphatic hydroxyl groups excluding tert-OH is 1. The Labute approximate surface area is 110 Å². The van der Waals surface area contributed by atoms with Crippen LogP contribution in [0.2, 0.25) is 0 Å². The van der Waals surface area contributed by atoms with E-state index in [1.807, 2.05) is 12.5 Å². The van der Waals surface area contributed by atoms with E-state index in [4.69, 9.17) is 0 Å². The molecular weight excluding hydrogens is 252 g/mol. The number of nitrogens with one attached hydrogen (secondary N) is 4. The van der Waals surface area contributed by atoms with Gasteiger partial charge in [0.2, 0.25) is 0 Å². The topological polar surface area (TPSA) is 89.2 Å². The summed E-state index contributed by atoms with van der Waals surface area (Å²) < 4.78 is 0. The number of carbonyl (C=O) groups is 1. The second-order valence-electron chi connectivity index (χ2n) is 4.16. The monoisotopic (exact) mass is 270 g/mol. The molecule has 1 atom stereocenters. The van der Waals surface area contributed by atoms with Gasteiger partial charge in [-0.3, -0.25) is 4.79 Å². The van der Waals surface area contributed by atoms with Crippen molar-refractivity contribution in [3.8, 4) is 0 Å². The van der Waals surface area contributed by atoms with Crippen molar-refractivity contribution in [2.45, 2.75) is 12.6 Å². The third-order valence-corrected chi connectivity index (χ3v) is 3.48. The number of rotatable bonds is 6. The summed E-state index contributed by atoms with van der Waals surface area (Å²) in [4.78, 5) is 14.5. The van der Waals surface area contributed by atoms with Gasteiger partial charge < -0.3 is 26.0 Å². The van der Waals surface area contributed by atoms with E-state index < -0.39 is 0 Å². The predicted molar refractivity (Wildman–Crippen MR) is 72.8 cm³/mol. The Hall–Kier alpha value is -1.18. The Morgan fingerprint density at radius 3 is 3.17 bits per heavy atom. The van der Waals surface area contributed by atoms with Crippen LogP contribution in [0.4, 0.5) is 5.69 Å². The van der Waals surface area contributed by atoms with Crippen molar-refractivity contribution >= 4 is 23.4 Å². The third-order valence-electron chi connectivity index (χ3n) is 2.76. The summed E-state index contributed by atoms with van der Waals surface area (Å²) in [5, 5.41) is 18.6. The lowest BCUT2D eigenvalue weighted by Gasteiger charge is -2.17. The largest absolute Gasteiger partial charge is 0.391 e. The number of thioether (sulfide) groups is 1. The maximum Gasteiger partial charge on any atom is 0.271 e. The molecule has 0 aromatic carbocycles. The molecule has 1 aliphatic rings. The SMILES string of the molecule is CSCC(O)CNCc1c[nH]c2c1NCNC2=O. The molecule has 1 aromatic rings. The molecule has 100 valence electrons. The van der Waals surface area contributed by atoms with Crippen LogP contribution in [0, 0.1) is 0 Å². The number of anilines is 1. The van der Waals surface area contributed by atoms with Crippen LogP contribution in [0.5, 0.6) is 0 Å². The molecule has 7 heteroatoms. The highest BCUT2D eigenvalue weighted by atomic mass is 32.2. The van der Waals surface area contributed by atoms with Crippen molar-refractivity contribution < 1.29 is 9.90 Å². The van der Waals surface area contributed by atoms with Crippen molar-refractivity contribution in [2.75, 3.05) is 30.5 Å². The lowest BCUT2D eigenvalue weighted by atomic mass is 10.2. The molecule has 0 saturated heterocycles. The maximum atomic E-state index is 11.5. The molecule has 5 N–H and O–H groups in total. The average Bonchev–Trinajstić information content (AvgIpc) is 2.75. The van der Waals surface area contributed by atoms with Crippen LogP contribution < -0.4 is 16.0 Å². The van der Waals surface area contributed by atoms with Crippen molar-refractivity contribution in [1.82, 2.24) is 15.6 Å². The quantitative estimate of drug-likeness (QED) is 0.500. The number of aliphatic hydroxyl groups is 1. The van der Waals surface area contributed by atoms with Crippen molar-refractivity contribution in [3.63, 3.8) is 0 Å². The summed E-state index contributed by atoms with van der Waals surface area (Å²) in [6.07, 6.45) is 3.44. The summed E-state index contributed by atoms with van der Waals surface area (Å²) in [6, 6.07) is 0. The van der Waals surface area contributed by atoms with E-state index in [-0.39, 0.29) is 12.0 Å². The summed E-state index contributed by atoms with van der Waals surface area (Å²) in [6.45, 7) is 1.62. The van der Waals surface area contributed by atoms with Crippen LogP contribution in [0.25, 0.3) is 0 Å². The highest BCUT2D eigenvalue weighted by molar-refractivity contribution is 7.98. The highest BCUT2D eigenvalue weighted by Gasteiger charge is 2.20. The molecule has 2 rings (SSSR count). The average molecular weight is 270 g/mol. The van der Waals surface area contributed by atoms with Gasteiger partial charge in [0.1, 0.15) is 5.69 Å². The first kappa shape index (κ1) is 13.3. The predicted octanol–water partition coefficient (Wildman–Crippen LogP) is -0.0590. The Bertz CT molecular complexity index is 421. The minimum Gasteiger partial charge on any atom is -0.391 e. The molecule has 0 spiro atoms. The van der Waals surface area contributed by atoms with Crippen molar-refractivity contribution in [2.24, 2.45) is 0 Å². The molecule has 0 saturated carbocycles. The Morgan fingerprint density at radius 1 is 1.56 bits per heavy atom. The first-order valence-corrected chi connectivity index (χ1v) is 7.21. The number of carbonyl (C=O) groups excluding carboxylic acids is 1. The molecule has 1 amide bonds. The fourth-order valence-corrected chi connectivity index (χ4v) is 2.41. The lowest BCUT2D eigenvalue weighted by Crippen LogP contribution is -2.35. The minimum absolute atomic E-state index is 0.0857. The maximum absolute atomic E-state index is 11.5. The molecule has 2 heterocycles. The molecular formula is C11H18N4O2S. The van der Waals surface area contributed by atoms with Crippen molar-refractivity contribution in [3.05, 3.63) is 17.5 Å². The molecule has 1 aliphatic heterocycles. The van der Waals surface area contributed by atoms with Gasteiger partial charge in [0.15, 0.2) is 0 Å². The van der Waals surface area contributed by atoms with E-state index in [0.717, 1.165) is 17.0 Å². The van der Waals surface area contributed by atoms with Crippen molar-refractivity contribution in [1.29, 1.82) is 0 Å². The number of aromatic amines is 1. The lowest BCUT2D eigenvalue weighted by molar-refractivity contribution is 0.0948. The number of aromatic nitrogens is 1. The zero-order chi connectivity index (χ0) is 13.0. The first-order valence-electron chi connectivity index (χ1n) is 5.82. The number of fused-ring (bicyclic) bond motifs is 1. The second-order valence-corrected chi connectivity index (χ2v) is 5.07. The Balaban J connectivity index is 1.89. The molecule has 0 bridgehead atoms. The van der Waals surface area contributed by atoms with Crippen LogP contribution in [-0.2, 0) is 6.54 Å². The van der Waals surface area contributed by atoms with Gasteiger partial charge in [-0.05, 0) is 6.26 Å². The Kier molecular flexibility index (Phi) is 4.51. The van der Waals surface area contributed by atoms with E-state index >= 15 is 0 Å². The number of H-pyrrole nitrogens is 1. The molecule has 0 fully saturated rings. The van der Waals surface area contributed by atoms with Gasteiger partial charge in [-0.15, -0.1) is 0 Å². The van der Waals surface area contributed by atoms with Crippen LogP contribution >= 0.6 is 11.8 Å². The Morgan fingerprint density at radius 2 is 2.39 bits per heavy atom. The molecule has 6 nitrogen and oxygen atoms in total. The van der Waals surface area contributed by atoms with Gasteiger partial charge in [0.25, 0.3) is 5.91 Å². The highest BCUT2D eigenvalue weighted by Crippen LogP contribution is 2.22. The van der Waals surface area contributed by atoms with Gasteiger partial charge in [0.05, 0.1) is 18.5 Å². The summed E-state index contributed by atoms with van der Waals surface area (Å²) >= 11 is 1.62. The van der Waals surface area contributed by atoms with E-state index in [0.29, 0.717) is 25.5 Å². The molecule has 0 radical (unpaired) electrons. The van der Waals surface area contributed by atoms with E-state index in [1.165, 1.54) is 0 Å². The zero-order valence-corrected chi connectivity index (χ0v) is 11.1. The first-order chi connectivity index (χ1) is 8.72. The van der Waals surface area contributed by atoms with E-state index in [9.17, 15) is 9.90 Å². The van der Waals surface area contributed by atoms with Gasteiger partial charge in [-0.1, -0.05) is 0 Å². The fourth-order valence-electron chi connectivity index (χ4n) is 1.91. The van der Waals surface area contributed by atoms with Crippen LogP contribution in [0.3, 0.4) is 0 Å².